The Hall–Kier alpha value is -1.72. The van der Waals surface area contributed by atoms with Crippen LogP contribution in [0.25, 0.3) is 0 Å². The zero-order valence-electron chi connectivity index (χ0n) is 11.9. The summed E-state index contributed by atoms with van der Waals surface area (Å²) in [6.45, 7) is 4.80. The molecule has 1 N–H and O–H groups in total. The van der Waals surface area contributed by atoms with Crippen LogP contribution >= 0.6 is 11.3 Å². The molecule has 1 aromatic heterocycles. The molecule has 0 fully saturated rings. The minimum Gasteiger partial charge on any atom is -0.508 e. The van der Waals surface area contributed by atoms with Gasteiger partial charge < -0.3 is 5.11 Å². The third-order valence-corrected chi connectivity index (χ3v) is 3.85. The van der Waals surface area contributed by atoms with Crippen molar-refractivity contribution >= 4 is 17.1 Å². The van der Waals surface area contributed by atoms with Crippen molar-refractivity contribution in [2.45, 2.75) is 26.9 Å². The lowest BCUT2D eigenvalue weighted by Crippen LogP contribution is -2.17. The molecule has 106 valence electrons. The number of hydrogen-bond acceptors (Lipinski definition) is 5. The zero-order chi connectivity index (χ0) is 14.7. The van der Waals surface area contributed by atoms with Crippen LogP contribution in [0, 0.1) is 6.92 Å². The van der Waals surface area contributed by atoms with Crippen LogP contribution in [0.5, 0.6) is 5.75 Å². The molecule has 0 saturated carbocycles. The van der Waals surface area contributed by atoms with Gasteiger partial charge in [0.25, 0.3) is 0 Å². The highest BCUT2D eigenvalue weighted by Crippen LogP contribution is 2.21. The number of phenolic OH excluding ortho intramolecular Hbond substituents is 1. The number of hydrogen-bond donors (Lipinski definition) is 1. The summed E-state index contributed by atoms with van der Waals surface area (Å²) < 4.78 is 0. The van der Waals surface area contributed by atoms with Crippen LogP contribution in [0.15, 0.2) is 23.6 Å². The van der Waals surface area contributed by atoms with E-state index < -0.39 is 0 Å². The van der Waals surface area contributed by atoms with Crippen LogP contribution in [-0.4, -0.2) is 27.8 Å². The molecule has 1 heterocycles. The van der Waals surface area contributed by atoms with Crippen LogP contribution in [0.2, 0.25) is 0 Å². The molecule has 0 aliphatic heterocycles. The van der Waals surface area contributed by atoms with Gasteiger partial charge in [0.15, 0.2) is 5.78 Å². The number of carbonyl (C=O) groups is 1. The summed E-state index contributed by atoms with van der Waals surface area (Å²) >= 11 is 1.63. The van der Waals surface area contributed by atoms with E-state index in [4.69, 9.17) is 0 Å². The van der Waals surface area contributed by atoms with Crippen molar-refractivity contribution in [2.75, 3.05) is 7.05 Å². The molecule has 1 aromatic carbocycles. The van der Waals surface area contributed by atoms with E-state index in [1.54, 1.807) is 29.5 Å². The summed E-state index contributed by atoms with van der Waals surface area (Å²) in [5.41, 5.74) is 2.40. The van der Waals surface area contributed by atoms with Crippen molar-refractivity contribution in [3.8, 4) is 5.75 Å². The molecule has 5 heteroatoms. The summed E-state index contributed by atoms with van der Waals surface area (Å²) in [6.07, 6.45) is 0. The van der Waals surface area contributed by atoms with Crippen LogP contribution in [-0.2, 0) is 13.1 Å². The zero-order valence-corrected chi connectivity index (χ0v) is 12.7. The Bertz CT molecular complexity index is 622. The monoisotopic (exact) mass is 290 g/mol. The highest BCUT2D eigenvalue weighted by molar-refractivity contribution is 7.09. The van der Waals surface area contributed by atoms with Crippen LogP contribution < -0.4 is 0 Å². The minimum atomic E-state index is 0.00373. The number of Topliss-reactive ketones (excluding diaryl/α,β-unsaturated/α-hetero) is 1. The highest BCUT2D eigenvalue weighted by Gasteiger charge is 2.10. The molecule has 0 unspecified atom stereocenters. The number of aromatic nitrogens is 1. The molecule has 0 atom stereocenters. The number of phenols is 1. The summed E-state index contributed by atoms with van der Waals surface area (Å²) in [6, 6.07) is 4.97. The van der Waals surface area contributed by atoms with Gasteiger partial charge in [-0.3, -0.25) is 9.69 Å². The van der Waals surface area contributed by atoms with Gasteiger partial charge in [-0.05, 0) is 39.1 Å². The topological polar surface area (TPSA) is 53.4 Å². The molecular formula is C15H18N2O2S. The maximum absolute atomic E-state index is 11.4. The first-order valence-electron chi connectivity index (χ1n) is 6.38. The fourth-order valence-corrected chi connectivity index (χ4v) is 2.64. The Morgan fingerprint density at radius 1 is 1.40 bits per heavy atom. The lowest BCUT2D eigenvalue weighted by molar-refractivity contribution is 0.101. The molecule has 4 nitrogen and oxygen atoms in total. The molecule has 20 heavy (non-hydrogen) atoms. The number of aromatic hydroxyl groups is 1. The van der Waals surface area contributed by atoms with Crippen molar-refractivity contribution in [2.24, 2.45) is 0 Å². The average molecular weight is 290 g/mol. The van der Waals surface area contributed by atoms with Crippen molar-refractivity contribution in [3.63, 3.8) is 0 Å². The second-order valence-electron chi connectivity index (χ2n) is 4.93. The quantitative estimate of drug-likeness (QED) is 0.860. The molecule has 2 rings (SSSR count). The number of ketones is 1. The van der Waals surface area contributed by atoms with Crippen LogP contribution in [0.1, 0.15) is 33.5 Å². The van der Waals surface area contributed by atoms with Crippen molar-refractivity contribution in [3.05, 3.63) is 45.4 Å². The lowest BCUT2D eigenvalue weighted by Gasteiger charge is -2.16. The van der Waals surface area contributed by atoms with Crippen LogP contribution in [0.4, 0.5) is 0 Å². The average Bonchev–Trinajstić information content (AvgIpc) is 2.77. The smallest absolute Gasteiger partial charge is 0.159 e. The van der Waals surface area contributed by atoms with E-state index in [-0.39, 0.29) is 11.5 Å². The van der Waals surface area contributed by atoms with Crippen molar-refractivity contribution in [1.82, 2.24) is 9.88 Å². The normalized spacial score (nSPS) is 11.0. The first kappa shape index (κ1) is 14.7. The number of benzene rings is 1. The second-order valence-corrected chi connectivity index (χ2v) is 5.99. The number of carbonyl (C=O) groups excluding carboxylic acids is 1. The van der Waals surface area contributed by atoms with Gasteiger partial charge in [-0.1, -0.05) is 0 Å². The Kier molecular flexibility index (Phi) is 4.52. The van der Waals surface area contributed by atoms with Gasteiger partial charge >= 0.3 is 0 Å². The first-order valence-corrected chi connectivity index (χ1v) is 7.26. The summed E-state index contributed by atoms with van der Waals surface area (Å²) in [7, 11) is 1.97. The summed E-state index contributed by atoms with van der Waals surface area (Å²) in [5.74, 6) is 0.223. The van der Waals surface area contributed by atoms with E-state index in [0.29, 0.717) is 18.7 Å². The molecule has 0 amide bonds. The number of aryl methyl sites for hydroxylation is 1. The molecule has 0 aliphatic carbocycles. The highest BCUT2D eigenvalue weighted by atomic mass is 32.1. The number of nitrogens with zero attached hydrogens (tertiary/aromatic N) is 2. The van der Waals surface area contributed by atoms with E-state index in [2.05, 4.69) is 9.88 Å². The third kappa shape index (κ3) is 3.65. The number of rotatable bonds is 5. The van der Waals surface area contributed by atoms with E-state index in [1.165, 1.54) is 6.92 Å². The predicted octanol–water partition coefficient (Wildman–Crippen LogP) is 2.99. The molecule has 0 bridgehead atoms. The van der Waals surface area contributed by atoms with Crippen molar-refractivity contribution < 1.29 is 9.90 Å². The largest absolute Gasteiger partial charge is 0.508 e. The van der Waals surface area contributed by atoms with Gasteiger partial charge in [0.2, 0.25) is 0 Å². The lowest BCUT2D eigenvalue weighted by atomic mass is 10.1. The van der Waals surface area contributed by atoms with Gasteiger partial charge in [-0.25, -0.2) is 4.98 Å². The Morgan fingerprint density at radius 3 is 2.75 bits per heavy atom. The maximum Gasteiger partial charge on any atom is 0.159 e. The van der Waals surface area contributed by atoms with Gasteiger partial charge in [0.1, 0.15) is 5.75 Å². The number of thiazole rings is 1. The van der Waals surface area contributed by atoms with Gasteiger partial charge in [0, 0.05) is 29.6 Å². The summed E-state index contributed by atoms with van der Waals surface area (Å²) in [5, 5.41) is 13.0. The minimum absolute atomic E-state index is 0.00373. The molecule has 0 aliphatic rings. The van der Waals surface area contributed by atoms with E-state index >= 15 is 0 Å². The maximum atomic E-state index is 11.4. The first-order chi connectivity index (χ1) is 9.45. The standard InChI is InChI=1S/C15H18N2O2S/c1-10(18)12-4-5-15(19)13(6-12)7-17(3)8-14-9-20-11(2)16-14/h4-6,9,19H,7-8H2,1-3H3. The SMILES string of the molecule is CC(=O)c1ccc(O)c(CN(C)Cc2csc(C)n2)c1. The molecular weight excluding hydrogens is 272 g/mol. The van der Waals surface area contributed by atoms with E-state index in [0.717, 1.165) is 16.3 Å². The van der Waals surface area contributed by atoms with E-state index in [1.807, 2.05) is 19.4 Å². The summed E-state index contributed by atoms with van der Waals surface area (Å²) in [4.78, 5) is 17.9. The molecule has 2 aromatic rings. The second kappa shape index (κ2) is 6.15. The van der Waals surface area contributed by atoms with E-state index in [9.17, 15) is 9.90 Å². The molecule has 0 radical (unpaired) electrons. The van der Waals surface area contributed by atoms with Crippen molar-refractivity contribution in [1.29, 1.82) is 0 Å². The van der Waals surface area contributed by atoms with Gasteiger partial charge in [0.05, 0.1) is 10.7 Å². The Labute approximate surface area is 122 Å². The van der Waals surface area contributed by atoms with Crippen LogP contribution in [0.3, 0.4) is 0 Å². The van der Waals surface area contributed by atoms with Gasteiger partial charge in [-0.15, -0.1) is 11.3 Å². The molecule has 0 saturated heterocycles. The fraction of sp³-hybridized carbons (Fsp3) is 0.333. The Morgan fingerprint density at radius 2 is 2.15 bits per heavy atom. The Balaban J connectivity index is 2.08. The van der Waals surface area contributed by atoms with Gasteiger partial charge in [-0.2, -0.15) is 0 Å². The third-order valence-electron chi connectivity index (χ3n) is 3.02. The predicted molar refractivity (Wildman–Crippen MR) is 80.1 cm³/mol. The molecule has 0 spiro atoms. The fourth-order valence-electron chi connectivity index (χ4n) is 2.04.